The third kappa shape index (κ3) is 17.8. The highest BCUT2D eigenvalue weighted by molar-refractivity contribution is 8.76. The summed E-state index contributed by atoms with van der Waals surface area (Å²) in [5.41, 5.74) is 0. The number of likely N-dealkylation sites (tertiary alicyclic amines) is 2. The van der Waals surface area contributed by atoms with E-state index in [1.807, 2.05) is 41.5 Å². The Morgan fingerprint density at radius 2 is 1.49 bits per heavy atom. The van der Waals surface area contributed by atoms with Gasteiger partial charge in [-0.2, -0.15) is 0 Å². The lowest BCUT2D eigenvalue weighted by Crippen LogP contribution is -2.39. The Morgan fingerprint density at radius 1 is 0.837 bits per heavy atom. The van der Waals surface area contributed by atoms with E-state index < -0.39 is 26.1 Å². The molecule has 2 aliphatic rings. The summed E-state index contributed by atoms with van der Waals surface area (Å²) >= 11 is 0. The third-order valence-electron chi connectivity index (χ3n) is 8.32. The first kappa shape index (κ1) is 44.1. The molecule has 13 nitrogen and oxygen atoms in total. The second kappa shape index (κ2) is 22.8. The van der Waals surface area contributed by atoms with Gasteiger partial charge in [-0.05, 0) is 46.1 Å². The van der Waals surface area contributed by atoms with Crippen molar-refractivity contribution in [2.24, 2.45) is 5.92 Å². The molecular formula is C33H60N3O10PS2. The van der Waals surface area contributed by atoms with E-state index in [0.29, 0.717) is 44.6 Å². The van der Waals surface area contributed by atoms with Gasteiger partial charge in [-0.1, -0.05) is 49.3 Å². The predicted octanol–water partition coefficient (Wildman–Crippen LogP) is 4.38. The van der Waals surface area contributed by atoms with E-state index in [1.165, 1.54) is 4.90 Å². The van der Waals surface area contributed by atoms with Crippen LogP contribution in [0.3, 0.4) is 0 Å². The maximum Gasteiger partial charge on any atom is 0.472 e. The molecule has 3 N–H and O–H groups in total. The van der Waals surface area contributed by atoms with Crippen LogP contribution in [0, 0.1) is 5.92 Å². The van der Waals surface area contributed by atoms with Gasteiger partial charge >= 0.3 is 7.82 Å². The van der Waals surface area contributed by atoms with Gasteiger partial charge in [0, 0.05) is 68.7 Å². The van der Waals surface area contributed by atoms with Gasteiger partial charge in [-0.3, -0.25) is 28.2 Å². The smallest absolute Gasteiger partial charge is 0.391 e. The van der Waals surface area contributed by atoms with Crippen molar-refractivity contribution < 1.29 is 47.5 Å². The molecule has 2 amide bonds. The number of ketones is 2. The number of phosphoric ester groups is 1. The van der Waals surface area contributed by atoms with Crippen LogP contribution >= 0.6 is 29.4 Å². The van der Waals surface area contributed by atoms with E-state index in [-0.39, 0.29) is 87.0 Å². The van der Waals surface area contributed by atoms with E-state index in [4.69, 9.17) is 13.8 Å². The zero-order valence-corrected chi connectivity index (χ0v) is 32.7. The van der Waals surface area contributed by atoms with Crippen LogP contribution in [0.5, 0.6) is 0 Å². The summed E-state index contributed by atoms with van der Waals surface area (Å²) in [5.74, 6) is 1.38. The first-order chi connectivity index (χ1) is 23.1. The summed E-state index contributed by atoms with van der Waals surface area (Å²) in [6, 6.07) is -0.626. The lowest BCUT2D eigenvalue weighted by Gasteiger charge is -2.26. The fourth-order valence-corrected chi connectivity index (χ4v) is 8.68. The summed E-state index contributed by atoms with van der Waals surface area (Å²) in [4.78, 5) is 63.8. The van der Waals surface area contributed by atoms with E-state index in [9.17, 15) is 33.7 Å². The van der Waals surface area contributed by atoms with E-state index >= 15 is 0 Å². The fourth-order valence-electron chi connectivity index (χ4n) is 5.64. The molecule has 0 aromatic rings. The number of ether oxygens (including phenoxy) is 1. The van der Waals surface area contributed by atoms with Gasteiger partial charge < -0.3 is 29.9 Å². The van der Waals surface area contributed by atoms with Crippen molar-refractivity contribution in [3.8, 4) is 0 Å². The molecule has 0 radical (unpaired) electrons. The second-order valence-corrected chi connectivity index (χ2v) is 17.9. The number of aliphatic hydroxyl groups is 1. The maximum atomic E-state index is 13.2. The number of nitrogens with one attached hydrogen (secondary N) is 1. The van der Waals surface area contributed by atoms with Crippen molar-refractivity contribution in [2.75, 3.05) is 44.4 Å². The minimum absolute atomic E-state index is 0.00441. The molecule has 0 aromatic carbocycles. The first-order valence-electron chi connectivity index (χ1n) is 17.6. The largest absolute Gasteiger partial charge is 0.472 e. The van der Waals surface area contributed by atoms with Gasteiger partial charge in [0.25, 0.3) is 0 Å². The first-order valence-corrected chi connectivity index (χ1v) is 21.6. The number of nitrogens with zero attached hydrogens (tertiary/aromatic N) is 2. The van der Waals surface area contributed by atoms with Crippen LogP contribution in [-0.2, 0) is 37.5 Å². The number of hydrogen-bond donors (Lipinski definition) is 3. The number of amides is 2. The predicted molar refractivity (Wildman–Crippen MR) is 193 cm³/mol. The average Bonchev–Trinajstić information content (AvgIpc) is 3.61. The number of Topliss-reactive ketones (excluding diaryl/α,β-unsaturated/α-hetero) is 2. The summed E-state index contributed by atoms with van der Waals surface area (Å²) in [5, 5.41) is 13.5. The monoisotopic (exact) mass is 753 g/mol. The molecule has 0 bridgehead atoms. The lowest BCUT2D eigenvalue weighted by molar-refractivity contribution is -0.134. The molecule has 2 saturated heterocycles. The van der Waals surface area contributed by atoms with Crippen LogP contribution in [0.1, 0.15) is 99.3 Å². The summed E-state index contributed by atoms with van der Waals surface area (Å²) < 4.78 is 29.7. The Balaban J connectivity index is 1.83. The zero-order valence-electron chi connectivity index (χ0n) is 30.2. The highest BCUT2D eigenvalue weighted by atomic mass is 33.1. The summed E-state index contributed by atoms with van der Waals surface area (Å²) in [7, 11) is -1.31. The third-order valence-corrected chi connectivity index (χ3v) is 11.9. The van der Waals surface area contributed by atoms with Crippen LogP contribution in [0.25, 0.3) is 0 Å². The topological polar surface area (TPSA) is 172 Å². The Hall–Kier alpha value is -1.03. The Bertz CT molecular complexity index is 1100. The summed E-state index contributed by atoms with van der Waals surface area (Å²) in [6.07, 6.45) is 1.52. The second-order valence-electron chi connectivity index (χ2n) is 13.8. The highest BCUT2D eigenvalue weighted by Gasteiger charge is 2.41. The molecule has 0 spiro atoms. The van der Waals surface area contributed by atoms with E-state index in [2.05, 4.69) is 5.32 Å². The molecule has 5 atom stereocenters. The Kier molecular flexibility index (Phi) is 20.5. The highest BCUT2D eigenvalue weighted by Crippen LogP contribution is 2.47. The molecule has 1 unspecified atom stereocenters. The SMILES string of the molecule is CC(C)NCCCC(=O)CCC(=O)N1C[C@H](O)C[C@H]1COP(=O)(O)O[C@@H]1C[C@@H](COC(C)C)N(C(=O)CCCSSCCC(=O)C(C)C)C1. The molecule has 0 aromatic heterocycles. The quantitative estimate of drug-likeness (QED) is 0.0682. The van der Waals surface area contributed by atoms with Crippen molar-refractivity contribution in [1.29, 1.82) is 0 Å². The van der Waals surface area contributed by atoms with Gasteiger partial charge in [0.15, 0.2) is 0 Å². The number of carbonyl (C=O) groups is 4. The van der Waals surface area contributed by atoms with Crippen LogP contribution in [0.2, 0.25) is 0 Å². The minimum atomic E-state index is -4.58. The Morgan fingerprint density at radius 3 is 2.16 bits per heavy atom. The lowest BCUT2D eigenvalue weighted by atomic mass is 10.1. The molecule has 2 heterocycles. The normalized spacial score (nSPS) is 22.4. The molecule has 49 heavy (non-hydrogen) atoms. The molecule has 284 valence electrons. The summed E-state index contributed by atoms with van der Waals surface area (Å²) in [6.45, 7) is 12.5. The number of phosphoric acid groups is 1. The maximum absolute atomic E-state index is 13.2. The van der Waals surface area contributed by atoms with Crippen LogP contribution in [0.4, 0.5) is 0 Å². The molecule has 2 aliphatic heterocycles. The van der Waals surface area contributed by atoms with Crippen molar-refractivity contribution in [1.82, 2.24) is 15.1 Å². The molecule has 0 aliphatic carbocycles. The Labute approximate surface area is 300 Å². The van der Waals surface area contributed by atoms with Crippen molar-refractivity contribution in [3.05, 3.63) is 0 Å². The molecule has 16 heteroatoms. The van der Waals surface area contributed by atoms with Gasteiger partial charge in [0.1, 0.15) is 11.6 Å². The van der Waals surface area contributed by atoms with Gasteiger partial charge in [0.2, 0.25) is 11.8 Å². The van der Waals surface area contributed by atoms with Crippen molar-refractivity contribution in [2.45, 2.75) is 136 Å². The van der Waals surface area contributed by atoms with Crippen LogP contribution < -0.4 is 5.32 Å². The van der Waals surface area contributed by atoms with Crippen molar-refractivity contribution >= 4 is 52.8 Å². The zero-order chi connectivity index (χ0) is 36.6. The minimum Gasteiger partial charge on any atom is -0.391 e. The number of carbonyl (C=O) groups excluding carboxylic acids is 4. The van der Waals surface area contributed by atoms with Gasteiger partial charge in [-0.25, -0.2) is 4.57 Å². The van der Waals surface area contributed by atoms with Crippen LogP contribution in [-0.4, -0.2) is 124 Å². The van der Waals surface area contributed by atoms with E-state index in [1.54, 1.807) is 26.5 Å². The number of rotatable bonds is 25. The molecular weight excluding hydrogens is 693 g/mol. The van der Waals surface area contributed by atoms with Gasteiger partial charge in [0.05, 0.1) is 43.6 Å². The number of aliphatic hydroxyl groups excluding tert-OH is 1. The van der Waals surface area contributed by atoms with E-state index in [0.717, 1.165) is 18.1 Å². The number of hydrogen-bond acceptors (Lipinski definition) is 12. The molecule has 0 saturated carbocycles. The number of β-amino-alcohol motifs (C(OH)–C–C–N with tert-alkyl or cyclic N) is 1. The molecule has 2 rings (SSSR count). The fraction of sp³-hybridized carbons (Fsp3) is 0.879. The van der Waals surface area contributed by atoms with Crippen molar-refractivity contribution in [3.63, 3.8) is 0 Å². The van der Waals surface area contributed by atoms with Gasteiger partial charge in [-0.15, -0.1) is 0 Å². The average molecular weight is 754 g/mol. The van der Waals surface area contributed by atoms with Crippen LogP contribution in [0.15, 0.2) is 0 Å². The standard InChI is InChI=1S/C33H60N3O10PS2/c1-23(2)31(39)13-16-49-48-15-8-10-32(40)36-20-30(18-27(36)21-44-25(5)6)46-47(42,43)45-22-26-17-29(38)19-35(26)33(41)12-11-28(37)9-7-14-34-24(3)4/h23-27,29-30,34,38H,7-22H2,1-6H3,(H,42,43)/t26-,27-,29+,30+/m0/s1. The molecule has 2 fully saturated rings.